The van der Waals surface area contributed by atoms with E-state index in [0.29, 0.717) is 41.7 Å². The maximum atomic E-state index is 14.8. The van der Waals surface area contributed by atoms with Gasteiger partial charge in [0.1, 0.15) is 18.2 Å². The molecule has 13 heteroatoms. The minimum Gasteiger partial charge on any atom is -0.489 e. The molecule has 0 radical (unpaired) electrons. The molecule has 0 saturated heterocycles. The van der Waals surface area contributed by atoms with E-state index in [1.807, 2.05) is 25.1 Å². The molecule has 2 heterocycles. The zero-order chi connectivity index (χ0) is 29.4. The van der Waals surface area contributed by atoms with Gasteiger partial charge in [-0.25, -0.2) is 19.2 Å². The first-order valence-electron chi connectivity index (χ1n) is 12.1. The molecule has 1 aromatic heterocycles. The van der Waals surface area contributed by atoms with Gasteiger partial charge < -0.3 is 14.9 Å². The van der Waals surface area contributed by atoms with Crippen molar-refractivity contribution in [2.75, 3.05) is 13.1 Å². The lowest BCUT2D eigenvalue weighted by Crippen LogP contribution is -2.35. The van der Waals surface area contributed by atoms with Gasteiger partial charge in [-0.05, 0) is 24.1 Å². The van der Waals surface area contributed by atoms with Crippen LogP contribution in [0.25, 0.3) is 11.4 Å². The molecule has 0 bridgehead atoms. The molecule has 4 rings (SSSR count). The van der Waals surface area contributed by atoms with Crippen molar-refractivity contribution >= 4 is 23.5 Å². The average molecular weight is 584 g/mol. The Bertz CT molecular complexity index is 1360. The summed E-state index contributed by atoms with van der Waals surface area (Å²) in [5.41, 5.74) is 3.04. The summed E-state index contributed by atoms with van der Waals surface area (Å²) in [7, 11) is 0. The number of aromatic nitrogens is 2. The minimum atomic E-state index is -5.08. The summed E-state index contributed by atoms with van der Waals surface area (Å²) in [5.74, 6) is -3.18. The van der Waals surface area contributed by atoms with Crippen LogP contribution in [0, 0.1) is 11.7 Å². The van der Waals surface area contributed by atoms with Crippen LogP contribution < -0.4 is 4.74 Å². The molecule has 1 aliphatic heterocycles. The lowest BCUT2D eigenvalue weighted by molar-refractivity contribution is -0.192. The highest BCUT2D eigenvalue weighted by Gasteiger charge is 2.38. The van der Waals surface area contributed by atoms with Crippen LogP contribution in [-0.4, -0.2) is 56.3 Å². The Balaban J connectivity index is 0.000000559. The molecule has 0 aliphatic carbocycles. The number of benzene rings is 2. The normalized spacial score (nSPS) is 13.9. The van der Waals surface area contributed by atoms with Crippen LogP contribution in [0.4, 0.5) is 17.6 Å². The Morgan fingerprint density at radius 2 is 1.88 bits per heavy atom. The molecule has 1 unspecified atom stereocenters. The number of carboxylic acid groups (broad SMARTS) is 2. The van der Waals surface area contributed by atoms with Gasteiger partial charge in [0, 0.05) is 60.9 Å². The molecular formula is C27H26ClF4N3O5. The third-order valence-corrected chi connectivity index (χ3v) is 6.25. The Morgan fingerprint density at radius 1 is 1.18 bits per heavy atom. The summed E-state index contributed by atoms with van der Waals surface area (Å²) >= 11 is 6.14. The summed E-state index contributed by atoms with van der Waals surface area (Å²) in [5, 5.41) is 16.7. The van der Waals surface area contributed by atoms with E-state index < -0.39 is 23.9 Å². The summed E-state index contributed by atoms with van der Waals surface area (Å²) in [6.45, 7) is 4.34. The molecular weight excluding hydrogens is 558 g/mol. The number of carbonyl (C=O) groups is 2. The summed E-state index contributed by atoms with van der Waals surface area (Å²) in [6.07, 6.45) is -2.48. The van der Waals surface area contributed by atoms with Crippen molar-refractivity contribution in [1.82, 2.24) is 14.9 Å². The van der Waals surface area contributed by atoms with E-state index in [9.17, 15) is 22.4 Å². The molecule has 1 aliphatic rings. The van der Waals surface area contributed by atoms with Gasteiger partial charge in [-0.1, -0.05) is 36.7 Å². The minimum absolute atomic E-state index is 0.0667. The molecule has 2 N–H and O–H groups in total. The number of hydrogen-bond acceptors (Lipinski definition) is 6. The smallest absolute Gasteiger partial charge is 0.489 e. The summed E-state index contributed by atoms with van der Waals surface area (Å²) in [4.78, 5) is 31.0. The maximum absolute atomic E-state index is 14.8. The van der Waals surface area contributed by atoms with E-state index in [1.165, 1.54) is 6.07 Å². The Kier molecular flexibility index (Phi) is 10.4. The van der Waals surface area contributed by atoms with E-state index in [1.54, 1.807) is 24.4 Å². The highest BCUT2D eigenvalue weighted by Crippen LogP contribution is 2.27. The van der Waals surface area contributed by atoms with E-state index in [0.717, 1.165) is 23.4 Å². The zero-order valence-corrected chi connectivity index (χ0v) is 22.0. The molecule has 0 saturated carbocycles. The van der Waals surface area contributed by atoms with Gasteiger partial charge in [-0.15, -0.1) is 0 Å². The van der Waals surface area contributed by atoms with Crippen molar-refractivity contribution in [1.29, 1.82) is 0 Å². The highest BCUT2D eigenvalue weighted by molar-refractivity contribution is 6.31. The van der Waals surface area contributed by atoms with Crippen LogP contribution in [0.1, 0.15) is 30.2 Å². The number of nitrogens with zero attached hydrogens (tertiary/aromatic N) is 3. The molecule has 0 amide bonds. The van der Waals surface area contributed by atoms with Crippen LogP contribution in [0.15, 0.2) is 48.7 Å². The first-order valence-corrected chi connectivity index (χ1v) is 12.5. The number of rotatable bonds is 8. The van der Waals surface area contributed by atoms with Crippen molar-refractivity contribution in [3.05, 3.63) is 76.3 Å². The van der Waals surface area contributed by atoms with Gasteiger partial charge in [0.15, 0.2) is 5.82 Å². The van der Waals surface area contributed by atoms with Crippen molar-refractivity contribution < 1.29 is 42.1 Å². The third kappa shape index (κ3) is 8.88. The molecule has 8 nitrogen and oxygen atoms in total. The quantitative estimate of drug-likeness (QED) is 0.329. The van der Waals surface area contributed by atoms with E-state index in [4.69, 9.17) is 31.3 Å². The number of hydrogen-bond donors (Lipinski definition) is 2. The number of alkyl halides is 3. The number of fused-ring (bicyclic) bond motifs is 1. The maximum Gasteiger partial charge on any atom is 0.490 e. The van der Waals surface area contributed by atoms with E-state index >= 15 is 0 Å². The summed E-state index contributed by atoms with van der Waals surface area (Å²) in [6, 6.07) is 12.0. The number of ether oxygens (including phenoxy) is 1. The largest absolute Gasteiger partial charge is 0.490 e. The fourth-order valence-corrected chi connectivity index (χ4v) is 4.20. The number of carboxylic acids is 2. The molecule has 2 aromatic carbocycles. The van der Waals surface area contributed by atoms with Crippen molar-refractivity contribution in [2.45, 2.75) is 39.1 Å². The molecule has 0 spiro atoms. The lowest BCUT2D eigenvalue weighted by atomic mass is 10.0. The fourth-order valence-electron chi connectivity index (χ4n) is 4.01. The zero-order valence-electron chi connectivity index (χ0n) is 21.3. The second-order valence-electron chi connectivity index (χ2n) is 9.18. The fraction of sp³-hybridized carbons (Fsp3) is 0.333. The Labute approximate surface area is 232 Å². The molecule has 40 heavy (non-hydrogen) atoms. The lowest BCUT2D eigenvalue weighted by Gasteiger charge is -2.29. The SMILES string of the molecule is CC(CC(=O)O)CN1CCc2nc(-c3ccc(OCc4ccccc4Cl)cc3F)ncc2C1.O=C(O)C(F)(F)F. The van der Waals surface area contributed by atoms with Crippen molar-refractivity contribution in [3.63, 3.8) is 0 Å². The van der Waals surface area contributed by atoms with E-state index in [2.05, 4.69) is 14.9 Å². The first kappa shape index (κ1) is 30.8. The van der Waals surface area contributed by atoms with Crippen LogP contribution in [0.3, 0.4) is 0 Å². The van der Waals surface area contributed by atoms with Gasteiger partial charge in [-0.3, -0.25) is 9.69 Å². The second-order valence-corrected chi connectivity index (χ2v) is 9.59. The number of aliphatic carboxylic acids is 2. The molecule has 0 fully saturated rings. The second kappa shape index (κ2) is 13.5. The highest BCUT2D eigenvalue weighted by atomic mass is 35.5. The van der Waals surface area contributed by atoms with E-state index in [-0.39, 0.29) is 18.9 Å². The monoisotopic (exact) mass is 583 g/mol. The molecule has 1 atom stereocenters. The Hall–Kier alpha value is -3.77. The van der Waals surface area contributed by atoms with Gasteiger partial charge in [0.25, 0.3) is 0 Å². The predicted octanol–water partition coefficient (Wildman–Crippen LogP) is 5.62. The molecule has 214 valence electrons. The first-order chi connectivity index (χ1) is 18.8. The predicted molar refractivity (Wildman–Crippen MR) is 137 cm³/mol. The molecule has 3 aromatic rings. The topological polar surface area (TPSA) is 113 Å². The summed E-state index contributed by atoms with van der Waals surface area (Å²) < 4.78 is 52.3. The average Bonchev–Trinajstić information content (AvgIpc) is 2.87. The Morgan fingerprint density at radius 3 is 2.50 bits per heavy atom. The standard InChI is InChI=1S/C25H25ClFN3O3.C2HF3O2/c1-16(10-24(31)32)13-30-9-8-23-18(14-30)12-28-25(29-23)20-7-6-19(11-22(20)27)33-15-17-4-2-3-5-21(17)26;3-2(4,5)1(6)7/h2-7,11-12,16H,8-10,13-15H2,1H3,(H,31,32);(H,6,7). The van der Waals surface area contributed by atoms with Gasteiger partial charge in [0.2, 0.25) is 0 Å². The van der Waals surface area contributed by atoms with Gasteiger partial charge in [-0.2, -0.15) is 13.2 Å². The number of halogens is 5. The van der Waals surface area contributed by atoms with Gasteiger partial charge in [0.05, 0.1) is 11.3 Å². The van der Waals surface area contributed by atoms with Crippen molar-refractivity contribution in [2.24, 2.45) is 5.92 Å². The van der Waals surface area contributed by atoms with Crippen LogP contribution in [0.2, 0.25) is 5.02 Å². The van der Waals surface area contributed by atoms with Crippen molar-refractivity contribution in [3.8, 4) is 17.1 Å². The van der Waals surface area contributed by atoms with Crippen LogP contribution in [0.5, 0.6) is 5.75 Å². The van der Waals surface area contributed by atoms with Gasteiger partial charge >= 0.3 is 18.1 Å². The third-order valence-electron chi connectivity index (χ3n) is 5.88. The van der Waals surface area contributed by atoms with Crippen LogP contribution >= 0.6 is 11.6 Å². The van der Waals surface area contributed by atoms with Crippen LogP contribution in [-0.2, 0) is 29.2 Å².